The summed E-state index contributed by atoms with van der Waals surface area (Å²) in [6.07, 6.45) is -4.46. The van der Waals surface area contributed by atoms with Crippen molar-refractivity contribution in [2.45, 2.75) is 12.7 Å². The van der Waals surface area contributed by atoms with Crippen LogP contribution in [0.4, 0.5) is 18.3 Å². The highest BCUT2D eigenvalue weighted by Crippen LogP contribution is 2.34. The third-order valence-electron chi connectivity index (χ3n) is 2.72. The van der Waals surface area contributed by atoms with Gasteiger partial charge in [0.25, 0.3) is 0 Å². The van der Waals surface area contributed by atoms with Crippen LogP contribution in [0.25, 0.3) is 0 Å². The molecule has 1 aliphatic rings. The molecule has 0 saturated carbocycles. The molecule has 0 aliphatic carbocycles. The standard InChI is InChI=1S/C12H10F3N3O2S/c13-12(14,15)10-17-18-11(21-10)16-6-7-1-2-8-9(5-7)20-4-3-19-8/h1-2,5H,3-4,6H2,(H,16,18). The number of rotatable bonds is 3. The van der Waals surface area contributed by atoms with Crippen LogP contribution in [-0.4, -0.2) is 23.4 Å². The van der Waals surface area contributed by atoms with E-state index in [2.05, 4.69) is 15.5 Å². The molecule has 3 rings (SSSR count). The minimum atomic E-state index is -4.46. The van der Waals surface area contributed by atoms with Gasteiger partial charge in [0.1, 0.15) is 13.2 Å². The summed E-state index contributed by atoms with van der Waals surface area (Å²) < 4.78 is 48.0. The van der Waals surface area contributed by atoms with Gasteiger partial charge in [-0.05, 0) is 17.7 Å². The van der Waals surface area contributed by atoms with Crippen LogP contribution in [0.2, 0.25) is 0 Å². The quantitative estimate of drug-likeness (QED) is 0.943. The van der Waals surface area contributed by atoms with Gasteiger partial charge in [-0.3, -0.25) is 0 Å². The number of hydrogen-bond acceptors (Lipinski definition) is 6. The first-order chi connectivity index (χ1) is 10.0. The van der Waals surface area contributed by atoms with E-state index in [1.165, 1.54) is 0 Å². The molecule has 21 heavy (non-hydrogen) atoms. The second kappa shape index (κ2) is 5.40. The number of nitrogens with one attached hydrogen (secondary N) is 1. The second-order valence-corrected chi connectivity index (χ2v) is 5.22. The summed E-state index contributed by atoms with van der Waals surface area (Å²) in [5.41, 5.74) is 0.850. The molecule has 0 amide bonds. The van der Waals surface area contributed by atoms with Crippen LogP contribution in [0.3, 0.4) is 0 Å². The van der Waals surface area contributed by atoms with Gasteiger partial charge in [0.05, 0.1) is 0 Å². The average molecular weight is 317 g/mol. The first kappa shape index (κ1) is 13.9. The lowest BCUT2D eigenvalue weighted by molar-refractivity contribution is -0.138. The third-order valence-corrected chi connectivity index (χ3v) is 3.64. The Morgan fingerprint density at radius 3 is 2.62 bits per heavy atom. The molecule has 0 atom stereocenters. The van der Waals surface area contributed by atoms with Crippen LogP contribution in [0.1, 0.15) is 10.6 Å². The number of aromatic nitrogens is 2. The summed E-state index contributed by atoms with van der Waals surface area (Å²) in [4.78, 5) is 0. The van der Waals surface area contributed by atoms with E-state index in [4.69, 9.17) is 9.47 Å². The monoisotopic (exact) mass is 317 g/mol. The van der Waals surface area contributed by atoms with Gasteiger partial charge < -0.3 is 14.8 Å². The molecular weight excluding hydrogens is 307 g/mol. The maximum atomic E-state index is 12.4. The molecule has 0 unspecified atom stereocenters. The molecule has 0 spiro atoms. The average Bonchev–Trinajstić information content (AvgIpc) is 2.94. The van der Waals surface area contributed by atoms with Crippen molar-refractivity contribution in [2.24, 2.45) is 0 Å². The van der Waals surface area contributed by atoms with E-state index in [9.17, 15) is 13.2 Å². The number of hydrogen-bond donors (Lipinski definition) is 1. The molecule has 5 nitrogen and oxygen atoms in total. The van der Waals surface area contributed by atoms with E-state index < -0.39 is 11.2 Å². The Hall–Kier alpha value is -2.03. The highest BCUT2D eigenvalue weighted by Gasteiger charge is 2.35. The van der Waals surface area contributed by atoms with Crippen LogP contribution in [-0.2, 0) is 12.7 Å². The van der Waals surface area contributed by atoms with Gasteiger partial charge in [-0.15, -0.1) is 10.2 Å². The van der Waals surface area contributed by atoms with Crippen LogP contribution >= 0.6 is 11.3 Å². The Balaban J connectivity index is 1.66. The maximum absolute atomic E-state index is 12.4. The van der Waals surface area contributed by atoms with Crippen molar-refractivity contribution in [1.82, 2.24) is 10.2 Å². The molecular formula is C12H10F3N3O2S. The van der Waals surface area contributed by atoms with E-state index in [1.807, 2.05) is 6.07 Å². The van der Waals surface area contributed by atoms with Gasteiger partial charge in [0.15, 0.2) is 11.5 Å². The number of alkyl halides is 3. The third kappa shape index (κ3) is 3.18. The summed E-state index contributed by atoms with van der Waals surface area (Å²) in [6, 6.07) is 5.37. The number of fused-ring (bicyclic) bond motifs is 1. The van der Waals surface area contributed by atoms with Crippen molar-refractivity contribution in [3.05, 3.63) is 28.8 Å². The van der Waals surface area contributed by atoms with Crippen LogP contribution < -0.4 is 14.8 Å². The lowest BCUT2D eigenvalue weighted by atomic mass is 10.2. The summed E-state index contributed by atoms with van der Waals surface area (Å²) in [7, 11) is 0. The predicted molar refractivity (Wildman–Crippen MR) is 69.7 cm³/mol. The highest BCUT2D eigenvalue weighted by atomic mass is 32.1. The molecule has 1 N–H and O–H groups in total. The zero-order valence-electron chi connectivity index (χ0n) is 10.6. The Morgan fingerprint density at radius 2 is 1.90 bits per heavy atom. The summed E-state index contributed by atoms with van der Waals surface area (Å²) in [5.74, 6) is 1.30. The topological polar surface area (TPSA) is 56.3 Å². The summed E-state index contributed by atoms with van der Waals surface area (Å²) in [5, 5.41) is 8.54. The Morgan fingerprint density at radius 1 is 1.14 bits per heavy atom. The molecule has 0 bridgehead atoms. The number of halogens is 3. The van der Waals surface area contributed by atoms with Gasteiger partial charge in [-0.1, -0.05) is 17.4 Å². The molecule has 2 heterocycles. The smallest absolute Gasteiger partial charge is 0.445 e. The maximum Gasteiger partial charge on any atom is 0.445 e. The number of benzene rings is 1. The lowest BCUT2D eigenvalue weighted by Gasteiger charge is -2.18. The summed E-state index contributed by atoms with van der Waals surface area (Å²) >= 11 is 0.474. The van der Waals surface area contributed by atoms with Crippen molar-refractivity contribution in [3.63, 3.8) is 0 Å². The van der Waals surface area contributed by atoms with Crippen LogP contribution in [0.5, 0.6) is 11.5 Å². The van der Waals surface area contributed by atoms with Crippen molar-refractivity contribution < 1.29 is 22.6 Å². The van der Waals surface area contributed by atoms with Gasteiger partial charge in [-0.2, -0.15) is 13.2 Å². The minimum absolute atomic E-state index is 0.122. The van der Waals surface area contributed by atoms with Gasteiger partial charge in [0, 0.05) is 6.54 Å². The fourth-order valence-corrected chi connectivity index (χ4v) is 2.39. The van der Waals surface area contributed by atoms with Crippen molar-refractivity contribution >= 4 is 16.5 Å². The number of anilines is 1. The Labute approximate surface area is 121 Å². The Kier molecular flexibility index (Phi) is 3.58. The van der Waals surface area contributed by atoms with Crippen molar-refractivity contribution in [1.29, 1.82) is 0 Å². The predicted octanol–water partition coefficient (Wildman–Crippen LogP) is 2.94. The van der Waals surface area contributed by atoms with Gasteiger partial charge in [0.2, 0.25) is 10.1 Å². The van der Waals surface area contributed by atoms with Crippen molar-refractivity contribution in [2.75, 3.05) is 18.5 Å². The zero-order chi connectivity index (χ0) is 14.9. The Bertz CT molecular complexity index is 645. The fraction of sp³-hybridized carbons (Fsp3) is 0.333. The molecule has 1 aromatic heterocycles. The zero-order valence-corrected chi connectivity index (χ0v) is 11.4. The van der Waals surface area contributed by atoms with Crippen molar-refractivity contribution in [3.8, 4) is 11.5 Å². The second-order valence-electron chi connectivity index (χ2n) is 4.24. The van der Waals surface area contributed by atoms with E-state index in [0.717, 1.165) is 5.56 Å². The first-order valence-corrected chi connectivity index (χ1v) is 6.87. The van der Waals surface area contributed by atoms with E-state index in [-0.39, 0.29) is 5.13 Å². The van der Waals surface area contributed by atoms with Crippen LogP contribution in [0, 0.1) is 0 Å². The number of nitrogens with zero attached hydrogens (tertiary/aromatic N) is 2. The molecule has 0 saturated heterocycles. The lowest BCUT2D eigenvalue weighted by Crippen LogP contribution is -2.15. The van der Waals surface area contributed by atoms with E-state index >= 15 is 0 Å². The normalized spacial score (nSPS) is 14.0. The van der Waals surface area contributed by atoms with E-state index in [0.29, 0.717) is 42.6 Å². The summed E-state index contributed by atoms with van der Waals surface area (Å²) in [6.45, 7) is 1.31. The first-order valence-electron chi connectivity index (χ1n) is 6.05. The van der Waals surface area contributed by atoms with Crippen LogP contribution in [0.15, 0.2) is 18.2 Å². The number of ether oxygens (including phenoxy) is 2. The molecule has 1 aliphatic heterocycles. The molecule has 2 aromatic rings. The molecule has 0 radical (unpaired) electrons. The SMILES string of the molecule is FC(F)(F)c1nnc(NCc2ccc3c(c2)OCCO3)s1. The molecule has 1 aromatic carbocycles. The molecule has 0 fully saturated rings. The van der Waals surface area contributed by atoms with E-state index in [1.54, 1.807) is 12.1 Å². The fourth-order valence-electron chi connectivity index (χ4n) is 1.78. The minimum Gasteiger partial charge on any atom is -0.486 e. The highest BCUT2D eigenvalue weighted by molar-refractivity contribution is 7.15. The molecule has 9 heteroatoms. The largest absolute Gasteiger partial charge is 0.486 e. The van der Waals surface area contributed by atoms with Gasteiger partial charge in [-0.25, -0.2) is 0 Å². The van der Waals surface area contributed by atoms with Gasteiger partial charge >= 0.3 is 6.18 Å². The molecule has 112 valence electrons.